The lowest BCUT2D eigenvalue weighted by Gasteiger charge is -2.22. The largest absolute Gasteiger partial charge is 0.324 e. The predicted molar refractivity (Wildman–Crippen MR) is 79.5 cm³/mol. The van der Waals surface area contributed by atoms with Crippen LogP contribution >= 0.6 is 22.6 Å². The first kappa shape index (κ1) is 14.0. The molecule has 1 atom stereocenters. The molecule has 2 heteroatoms. The van der Waals surface area contributed by atoms with Crippen molar-refractivity contribution in [2.45, 2.75) is 46.6 Å². The van der Waals surface area contributed by atoms with E-state index < -0.39 is 0 Å². The van der Waals surface area contributed by atoms with Crippen molar-refractivity contribution < 1.29 is 0 Å². The monoisotopic (exact) mass is 331 g/mol. The van der Waals surface area contributed by atoms with Gasteiger partial charge in [0, 0.05) is 9.61 Å². The first-order valence-electron chi connectivity index (χ1n) is 5.82. The summed E-state index contributed by atoms with van der Waals surface area (Å²) in [6.07, 6.45) is 2.22. The summed E-state index contributed by atoms with van der Waals surface area (Å²) in [7, 11) is 0. The summed E-state index contributed by atoms with van der Waals surface area (Å²) < 4.78 is 1.32. The second kappa shape index (κ2) is 5.50. The molecule has 0 saturated carbocycles. The van der Waals surface area contributed by atoms with Gasteiger partial charge >= 0.3 is 0 Å². The molecule has 0 bridgehead atoms. The minimum Gasteiger partial charge on any atom is -0.324 e. The van der Waals surface area contributed by atoms with Crippen molar-refractivity contribution in [2.75, 3.05) is 0 Å². The van der Waals surface area contributed by atoms with Gasteiger partial charge in [-0.05, 0) is 58.9 Å². The lowest BCUT2D eigenvalue weighted by atomic mass is 9.87. The Hall–Kier alpha value is -0.0900. The first-order chi connectivity index (χ1) is 7.31. The average molecular weight is 331 g/mol. The smallest absolute Gasteiger partial charge is 0.0305 e. The maximum Gasteiger partial charge on any atom is 0.0305 e. The van der Waals surface area contributed by atoms with Crippen molar-refractivity contribution in [2.24, 2.45) is 11.1 Å². The molecular formula is C14H22IN. The summed E-state index contributed by atoms with van der Waals surface area (Å²) in [6, 6.07) is 6.57. The fourth-order valence-corrected chi connectivity index (χ4v) is 2.46. The summed E-state index contributed by atoms with van der Waals surface area (Å²) in [5, 5.41) is 0. The normalized spacial score (nSPS) is 13.9. The Bertz CT molecular complexity index is 352. The summed E-state index contributed by atoms with van der Waals surface area (Å²) in [6.45, 7) is 8.94. The Kier molecular flexibility index (Phi) is 4.80. The van der Waals surface area contributed by atoms with Gasteiger partial charge in [0.25, 0.3) is 0 Å². The summed E-state index contributed by atoms with van der Waals surface area (Å²) in [5.41, 5.74) is 9.25. The highest BCUT2D eigenvalue weighted by molar-refractivity contribution is 14.1. The van der Waals surface area contributed by atoms with Gasteiger partial charge in [0.1, 0.15) is 0 Å². The van der Waals surface area contributed by atoms with E-state index in [0.717, 1.165) is 12.8 Å². The van der Waals surface area contributed by atoms with Crippen LogP contribution in [0.15, 0.2) is 18.2 Å². The molecule has 0 saturated heterocycles. The lowest BCUT2D eigenvalue weighted by Crippen LogP contribution is -2.16. The SMILES string of the molecule is Cc1cccc(C(N)CCC(C)(C)C)c1I. The highest BCUT2D eigenvalue weighted by Crippen LogP contribution is 2.29. The molecule has 0 heterocycles. The van der Waals surface area contributed by atoms with Crippen LogP contribution in [-0.2, 0) is 0 Å². The van der Waals surface area contributed by atoms with Gasteiger partial charge in [-0.2, -0.15) is 0 Å². The molecule has 0 radical (unpaired) electrons. The Morgan fingerprint density at radius 1 is 1.31 bits per heavy atom. The zero-order chi connectivity index (χ0) is 12.3. The van der Waals surface area contributed by atoms with Crippen LogP contribution in [-0.4, -0.2) is 0 Å². The first-order valence-corrected chi connectivity index (χ1v) is 6.90. The Balaban J connectivity index is 2.73. The number of aryl methyl sites for hydroxylation is 1. The minimum atomic E-state index is 0.172. The highest BCUT2D eigenvalue weighted by Gasteiger charge is 2.15. The zero-order valence-corrected chi connectivity index (χ0v) is 12.8. The van der Waals surface area contributed by atoms with E-state index in [1.807, 2.05) is 0 Å². The van der Waals surface area contributed by atoms with Crippen molar-refractivity contribution >= 4 is 22.6 Å². The second-order valence-corrected chi connectivity index (χ2v) is 6.76. The standard InChI is InChI=1S/C14H22IN/c1-10-6-5-7-11(13(10)15)12(16)8-9-14(2,3)4/h5-7,12H,8-9,16H2,1-4H3. The summed E-state index contributed by atoms with van der Waals surface area (Å²) >= 11 is 2.40. The van der Waals surface area contributed by atoms with E-state index in [4.69, 9.17) is 5.73 Å². The number of rotatable bonds is 3. The van der Waals surface area contributed by atoms with Crippen LogP contribution in [0, 0.1) is 15.9 Å². The minimum absolute atomic E-state index is 0.172. The van der Waals surface area contributed by atoms with Crippen LogP contribution in [0.5, 0.6) is 0 Å². The number of nitrogens with two attached hydrogens (primary N) is 1. The molecule has 0 aliphatic rings. The fraction of sp³-hybridized carbons (Fsp3) is 0.571. The highest BCUT2D eigenvalue weighted by atomic mass is 127. The van der Waals surface area contributed by atoms with E-state index in [-0.39, 0.29) is 6.04 Å². The topological polar surface area (TPSA) is 26.0 Å². The molecule has 0 fully saturated rings. The Morgan fingerprint density at radius 3 is 2.50 bits per heavy atom. The lowest BCUT2D eigenvalue weighted by molar-refractivity contribution is 0.349. The molecule has 0 amide bonds. The van der Waals surface area contributed by atoms with Crippen molar-refractivity contribution in [3.8, 4) is 0 Å². The van der Waals surface area contributed by atoms with E-state index in [9.17, 15) is 0 Å². The molecule has 1 aromatic rings. The maximum absolute atomic E-state index is 6.27. The van der Waals surface area contributed by atoms with E-state index in [0.29, 0.717) is 5.41 Å². The molecular weight excluding hydrogens is 309 g/mol. The van der Waals surface area contributed by atoms with E-state index >= 15 is 0 Å². The van der Waals surface area contributed by atoms with Gasteiger partial charge in [-0.15, -0.1) is 0 Å². The molecule has 1 aromatic carbocycles. The van der Waals surface area contributed by atoms with Gasteiger partial charge in [-0.3, -0.25) is 0 Å². The molecule has 0 spiro atoms. The molecule has 2 N–H and O–H groups in total. The Morgan fingerprint density at radius 2 is 1.94 bits per heavy atom. The quantitative estimate of drug-likeness (QED) is 0.815. The van der Waals surface area contributed by atoms with Crippen molar-refractivity contribution in [1.82, 2.24) is 0 Å². The van der Waals surface area contributed by atoms with E-state index in [2.05, 4.69) is 68.5 Å². The number of benzene rings is 1. The van der Waals surface area contributed by atoms with Gasteiger partial charge in [0.05, 0.1) is 0 Å². The van der Waals surface area contributed by atoms with E-state index in [1.54, 1.807) is 0 Å². The number of halogens is 1. The molecule has 0 aliphatic heterocycles. The maximum atomic E-state index is 6.27. The van der Waals surface area contributed by atoms with Crippen LogP contribution in [0.2, 0.25) is 0 Å². The third kappa shape index (κ3) is 4.06. The molecule has 1 rings (SSSR count). The second-order valence-electron chi connectivity index (χ2n) is 5.68. The fourth-order valence-electron chi connectivity index (χ4n) is 1.70. The molecule has 90 valence electrons. The Labute approximate surface area is 113 Å². The zero-order valence-electron chi connectivity index (χ0n) is 10.7. The van der Waals surface area contributed by atoms with Crippen LogP contribution in [0.25, 0.3) is 0 Å². The molecule has 16 heavy (non-hydrogen) atoms. The summed E-state index contributed by atoms with van der Waals surface area (Å²) in [5.74, 6) is 0. The molecule has 1 nitrogen and oxygen atoms in total. The van der Waals surface area contributed by atoms with Gasteiger partial charge in [0.15, 0.2) is 0 Å². The average Bonchev–Trinajstić information content (AvgIpc) is 2.17. The third-order valence-electron chi connectivity index (χ3n) is 2.83. The van der Waals surface area contributed by atoms with Gasteiger partial charge < -0.3 is 5.73 Å². The van der Waals surface area contributed by atoms with Crippen LogP contribution < -0.4 is 5.73 Å². The van der Waals surface area contributed by atoms with Crippen LogP contribution in [0.3, 0.4) is 0 Å². The van der Waals surface area contributed by atoms with Gasteiger partial charge in [-0.1, -0.05) is 39.0 Å². The van der Waals surface area contributed by atoms with Gasteiger partial charge in [-0.25, -0.2) is 0 Å². The summed E-state index contributed by atoms with van der Waals surface area (Å²) in [4.78, 5) is 0. The third-order valence-corrected chi connectivity index (χ3v) is 4.30. The van der Waals surface area contributed by atoms with Gasteiger partial charge in [0.2, 0.25) is 0 Å². The number of hydrogen-bond donors (Lipinski definition) is 1. The number of hydrogen-bond acceptors (Lipinski definition) is 1. The van der Waals surface area contributed by atoms with Crippen LogP contribution in [0.4, 0.5) is 0 Å². The van der Waals surface area contributed by atoms with Crippen molar-refractivity contribution in [3.05, 3.63) is 32.9 Å². The van der Waals surface area contributed by atoms with E-state index in [1.165, 1.54) is 14.7 Å². The molecule has 1 unspecified atom stereocenters. The van der Waals surface area contributed by atoms with Crippen molar-refractivity contribution in [1.29, 1.82) is 0 Å². The predicted octanol–water partition coefficient (Wildman–Crippen LogP) is 4.43. The molecule has 0 aliphatic carbocycles. The molecule has 0 aromatic heterocycles. The van der Waals surface area contributed by atoms with Crippen molar-refractivity contribution in [3.63, 3.8) is 0 Å². The van der Waals surface area contributed by atoms with Crippen LogP contribution in [0.1, 0.15) is 50.8 Å².